The van der Waals surface area contributed by atoms with Gasteiger partial charge in [0.15, 0.2) is 0 Å². The van der Waals surface area contributed by atoms with E-state index >= 15 is 0 Å². The van der Waals surface area contributed by atoms with Gasteiger partial charge >= 0.3 is 0 Å². The van der Waals surface area contributed by atoms with Crippen LogP contribution in [0.25, 0.3) is 0 Å². The van der Waals surface area contributed by atoms with Gasteiger partial charge in [0.1, 0.15) is 5.75 Å². The molecule has 0 aliphatic rings. The van der Waals surface area contributed by atoms with Crippen molar-refractivity contribution < 1.29 is 9.53 Å². The summed E-state index contributed by atoms with van der Waals surface area (Å²) in [6.07, 6.45) is 0. The Morgan fingerprint density at radius 1 is 1.21 bits per heavy atom. The molecule has 2 rings (SSSR count). The molecule has 0 radical (unpaired) electrons. The number of anilines is 1. The van der Waals surface area contributed by atoms with Gasteiger partial charge in [-0.3, -0.25) is 4.79 Å². The fourth-order valence-corrected chi connectivity index (χ4v) is 2.04. The van der Waals surface area contributed by atoms with Crippen molar-refractivity contribution in [1.82, 2.24) is 0 Å². The quantitative estimate of drug-likeness (QED) is 0.928. The summed E-state index contributed by atoms with van der Waals surface area (Å²) >= 11 is 3.42. The predicted octanol–water partition coefficient (Wildman–Crippen LogP) is 4.02. The van der Waals surface area contributed by atoms with Gasteiger partial charge in [-0.05, 0) is 58.7 Å². The number of benzene rings is 2. The van der Waals surface area contributed by atoms with Crippen molar-refractivity contribution in [3.8, 4) is 5.75 Å². The molecule has 0 heterocycles. The van der Waals surface area contributed by atoms with Crippen molar-refractivity contribution in [3.05, 3.63) is 58.1 Å². The SMILES string of the molecule is COc1cccc(C(=O)Nc2cc(C)ccc2Br)c1. The van der Waals surface area contributed by atoms with E-state index in [1.165, 1.54) is 0 Å². The molecule has 0 aromatic heterocycles. The molecule has 98 valence electrons. The molecule has 0 saturated carbocycles. The Hall–Kier alpha value is -1.81. The third kappa shape index (κ3) is 3.35. The highest BCUT2D eigenvalue weighted by Gasteiger charge is 2.09. The van der Waals surface area contributed by atoms with Crippen molar-refractivity contribution in [1.29, 1.82) is 0 Å². The lowest BCUT2D eigenvalue weighted by Gasteiger charge is -2.09. The number of aryl methyl sites for hydroxylation is 1. The van der Waals surface area contributed by atoms with Crippen LogP contribution >= 0.6 is 15.9 Å². The molecule has 19 heavy (non-hydrogen) atoms. The Bertz CT molecular complexity index is 611. The van der Waals surface area contributed by atoms with Crippen molar-refractivity contribution in [3.63, 3.8) is 0 Å². The van der Waals surface area contributed by atoms with Crippen LogP contribution in [0.15, 0.2) is 46.9 Å². The van der Waals surface area contributed by atoms with Gasteiger partial charge in [-0.25, -0.2) is 0 Å². The number of ether oxygens (including phenoxy) is 1. The minimum absolute atomic E-state index is 0.162. The molecule has 0 saturated heterocycles. The number of amides is 1. The van der Waals surface area contributed by atoms with Gasteiger partial charge in [0.05, 0.1) is 12.8 Å². The second-order valence-corrected chi connectivity index (χ2v) is 5.02. The molecule has 2 aromatic carbocycles. The number of nitrogens with one attached hydrogen (secondary N) is 1. The first-order valence-corrected chi connectivity index (χ1v) is 6.61. The van der Waals surface area contributed by atoms with E-state index in [2.05, 4.69) is 21.2 Å². The zero-order valence-corrected chi connectivity index (χ0v) is 12.3. The second-order valence-electron chi connectivity index (χ2n) is 4.17. The fraction of sp³-hybridized carbons (Fsp3) is 0.133. The molecule has 0 spiro atoms. The third-order valence-corrected chi connectivity index (χ3v) is 3.39. The van der Waals surface area contributed by atoms with Gasteiger partial charge in [-0.1, -0.05) is 12.1 Å². The van der Waals surface area contributed by atoms with Gasteiger partial charge < -0.3 is 10.1 Å². The molecule has 1 amide bonds. The topological polar surface area (TPSA) is 38.3 Å². The second kappa shape index (κ2) is 5.89. The summed E-state index contributed by atoms with van der Waals surface area (Å²) in [4.78, 5) is 12.2. The van der Waals surface area contributed by atoms with Crippen LogP contribution in [0, 0.1) is 6.92 Å². The molecule has 1 N–H and O–H groups in total. The summed E-state index contributed by atoms with van der Waals surface area (Å²) in [5, 5.41) is 2.88. The number of hydrogen-bond donors (Lipinski definition) is 1. The summed E-state index contributed by atoms with van der Waals surface area (Å²) in [6, 6.07) is 12.9. The predicted molar refractivity (Wildman–Crippen MR) is 79.8 cm³/mol. The van der Waals surface area contributed by atoms with Gasteiger partial charge in [-0.15, -0.1) is 0 Å². The maximum Gasteiger partial charge on any atom is 0.255 e. The monoisotopic (exact) mass is 319 g/mol. The molecule has 0 fully saturated rings. The van der Waals surface area contributed by atoms with Gasteiger partial charge in [-0.2, -0.15) is 0 Å². The van der Waals surface area contributed by atoms with Crippen molar-refractivity contribution in [2.45, 2.75) is 6.92 Å². The van der Waals surface area contributed by atoms with Crippen LogP contribution in [-0.2, 0) is 0 Å². The largest absolute Gasteiger partial charge is 0.497 e. The van der Waals surface area contributed by atoms with Crippen LogP contribution in [0.4, 0.5) is 5.69 Å². The van der Waals surface area contributed by atoms with Crippen LogP contribution in [0.2, 0.25) is 0 Å². The number of halogens is 1. The van der Waals surface area contributed by atoms with E-state index in [0.29, 0.717) is 11.3 Å². The molecule has 0 aliphatic carbocycles. The van der Waals surface area contributed by atoms with Crippen molar-refractivity contribution in [2.75, 3.05) is 12.4 Å². The highest BCUT2D eigenvalue weighted by Crippen LogP contribution is 2.24. The third-order valence-electron chi connectivity index (χ3n) is 2.70. The van der Waals surface area contributed by atoms with E-state index in [4.69, 9.17) is 4.74 Å². The molecule has 0 unspecified atom stereocenters. The van der Waals surface area contributed by atoms with Crippen LogP contribution in [0.3, 0.4) is 0 Å². The number of carbonyl (C=O) groups excluding carboxylic acids is 1. The van der Waals surface area contributed by atoms with E-state index < -0.39 is 0 Å². The first kappa shape index (κ1) is 13.6. The lowest BCUT2D eigenvalue weighted by Crippen LogP contribution is -2.12. The van der Waals surface area contributed by atoms with Gasteiger partial charge in [0, 0.05) is 10.0 Å². The Balaban J connectivity index is 2.22. The Morgan fingerprint density at radius 2 is 2.00 bits per heavy atom. The summed E-state index contributed by atoms with van der Waals surface area (Å²) in [6.45, 7) is 1.98. The zero-order valence-electron chi connectivity index (χ0n) is 10.7. The van der Waals surface area contributed by atoms with Crippen molar-refractivity contribution >= 4 is 27.5 Å². The Kier molecular flexibility index (Phi) is 4.22. The molecule has 2 aromatic rings. The molecular weight excluding hydrogens is 306 g/mol. The highest BCUT2D eigenvalue weighted by molar-refractivity contribution is 9.10. The summed E-state index contributed by atoms with van der Waals surface area (Å²) in [5.41, 5.74) is 2.41. The van der Waals surface area contributed by atoms with E-state index in [1.54, 1.807) is 31.4 Å². The van der Waals surface area contributed by atoms with E-state index in [1.807, 2.05) is 25.1 Å². The highest BCUT2D eigenvalue weighted by atomic mass is 79.9. The molecule has 0 bridgehead atoms. The summed E-state index contributed by atoms with van der Waals surface area (Å²) in [7, 11) is 1.58. The van der Waals surface area contributed by atoms with E-state index in [-0.39, 0.29) is 5.91 Å². The van der Waals surface area contributed by atoms with Crippen LogP contribution in [-0.4, -0.2) is 13.0 Å². The number of methoxy groups -OCH3 is 1. The average Bonchev–Trinajstić information content (AvgIpc) is 2.43. The van der Waals surface area contributed by atoms with Crippen LogP contribution < -0.4 is 10.1 Å². The fourth-order valence-electron chi connectivity index (χ4n) is 1.69. The van der Waals surface area contributed by atoms with E-state index in [9.17, 15) is 4.79 Å². The van der Waals surface area contributed by atoms with Crippen LogP contribution in [0.5, 0.6) is 5.75 Å². The minimum Gasteiger partial charge on any atom is -0.497 e. The lowest BCUT2D eigenvalue weighted by molar-refractivity contribution is 0.102. The summed E-state index contributed by atoms with van der Waals surface area (Å²) < 4.78 is 5.96. The lowest BCUT2D eigenvalue weighted by atomic mass is 10.2. The van der Waals surface area contributed by atoms with Crippen molar-refractivity contribution in [2.24, 2.45) is 0 Å². The standard InChI is InChI=1S/C15H14BrNO2/c1-10-6-7-13(16)14(8-10)17-15(18)11-4-3-5-12(9-11)19-2/h3-9H,1-2H3,(H,17,18). The minimum atomic E-state index is -0.162. The molecular formula is C15H14BrNO2. The normalized spacial score (nSPS) is 10.1. The van der Waals surface area contributed by atoms with Crippen LogP contribution in [0.1, 0.15) is 15.9 Å². The molecule has 0 atom stereocenters. The Morgan fingerprint density at radius 3 is 2.74 bits per heavy atom. The Labute approximate surface area is 120 Å². The smallest absolute Gasteiger partial charge is 0.255 e. The number of carbonyl (C=O) groups is 1. The number of rotatable bonds is 3. The molecule has 4 heteroatoms. The maximum absolute atomic E-state index is 12.2. The first-order chi connectivity index (χ1) is 9.10. The maximum atomic E-state index is 12.2. The first-order valence-electron chi connectivity index (χ1n) is 5.81. The molecule has 3 nitrogen and oxygen atoms in total. The average molecular weight is 320 g/mol. The summed E-state index contributed by atoms with van der Waals surface area (Å²) in [5.74, 6) is 0.501. The zero-order chi connectivity index (χ0) is 13.8. The number of hydrogen-bond acceptors (Lipinski definition) is 2. The van der Waals surface area contributed by atoms with Gasteiger partial charge in [0.2, 0.25) is 0 Å². The van der Waals surface area contributed by atoms with Gasteiger partial charge in [0.25, 0.3) is 5.91 Å². The van der Waals surface area contributed by atoms with E-state index in [0.717, 1.165) is 15.7 Å². The molecule has 0 aliphatic heterocycles.